The van der Waals surface area contributed by atoms with Crippen molar-refractivity contribution in [3.8, 4) is 0 Å². The first-order valence-electron chi connectivity index (χ1n) is 10.7. The lowest BCUT2D eigenvalue weighted by atomic mass is 9.96. The zero-order chi connectivity index (χ0) is 19.5. The first-order valence-corrected chi connectivity index (χ1v) is 10.7. The van der Waals surface area contributed by atoms with Gasteiger partial charge in [-0.25, -0.2) is 4.98 Å². The number of amides is 1. The summed E-state index contributed by atoms with van der Waals surface area (Å²) in [7, 11) is 0. The van der Waals surface area contributed by atoms with E-state index in [0.29, 0.717) is 19.1 Å². The Kier molecular flexibility index (Phi) is 5.85. The Morgan fingerprint density at radius 1 is 1.21 bits per heavy atom. The van der Waals surface area contributed by atoms with Crippen LogP contribution < -0.4 is 4.90 Å². The Labute approximate surface area is 167 Å². The first-order chi connectivity index (χ1) is 13.6. The van der Waals surface area contributed by atoms with Gasteiger partial charge in [0.05, 0.1) is 30.2 Å². The average molecular weight is 385 g/mol. The zero-order valence-corrected chi connectivity index (χ0v) is 17.1. The van der Waals surface area contributed by atoms with Crippen LogP contribution >= 0.6 is 0 Å². The van der Waals surface area contributed by atoms with Gasteiger partial charge in [0.25, 0.3) is 0 Å². The van der Waals surface area contributed by atoms with Gasteiger partial charge in [-0.2, -0.15) is 0 Å². The minimum absolute atomic E-state index is 0.0604. The summed E-state index contributed by atoms with van der Waals surface area (Å²) in [5, 5.41) is 0. The van der Waals surface area contributed by atoms with Crippen LogP contribution in [-0.4, -0.2) is 59.8 Å². The van der Waals surface area contributed by atoms with Crippen LogP contribution in [0.2, 0.25) is 0 Å². The standard InChI is InChI=1S/C22H32N4O2/c1-17(2)9-11-26-20-8-4-3-7-19(20)23-22(26)25-10-5-6-18(16-25)21(27)24-12-14-28-15-13-24/h3-4,7-8,17-18H,5-6,9-16H2,1-2H3/t18-/m1/s1. The van der Waals surface area contributed by atoms with E-state index in [2.05, 4.69) is 41.5 Å². The van der Waals surface area contributed by atoms with Gasteiger partial charge in [0, 0.05) is 32.7 Å². The molecule has 2 aromatic rings. The fourth-order valence-corrected chi connectivity index (χ4v) is 4.31. The van der Waals surface area contributed by atoms with Crippen molar-refractivity contribution in [1.29, 1.82) is 0 Å². The van der Waals surface area contributed by atoms with Crippen LogP contribution in [0.15, 0.2) is 24.3 Å². The molecule has 2 saturated heterocycles. The number of rotatable bonds is 5. The number of anilines is 1. The normalized spacial score (nSPS) is 20.9. The van der Waals surface area contributed by atoms with Crippen LogP contribution in [0.4, 0.5) is 5.95 Å². The van der Waals surface area contributed by atoms with Gasteiger partial charge in [0.15, 0.2) is 0 Å². The van der Waals surface area contributed by atoms with E-state index in [1.807, 2.05) is 11.0 Å². The van der Waals surface area contributed by atoms with Crippen molar-refractivity contribution in [3.63, 3.8) is 0 Å². The summed E-state index contributed by atoms with van der Waals surface area (Å²) in [5.41, 5.74) is 2.24. The van der Waals surface area contributed by atoms with E-state index >= 15 is 0 Å². The van der Waals surface area contributed by atoms with Crippen molar-refractivity contribution in [1.82, 2.24) is 14.5 Å². The molecule has 2 aliphatic heterocycles. The number of morpholine rings is 1. The Balaban J connectivity index is 1.56. The van der Waals surface area contributed by atoms with E-state index in [-0.39, 0.29) is 11.8 Å². The molecule has 3 heterocycles. The Morgan fingerprint density at radius 2 is 2.00 bits per heavy atom. The van der Waals surface area contributed by atoms with Crippen molar-refractivity contribution >= 4 is 22.9 Å². The van der Waals surface area contributed by atoms with Gasteiger partial charge >= 0.3 is 0 Å². The number of nitrogens with zero attached hydrogens (tertiary/aromatic N) is 4. The lowest BCUT2D eigenvalue weighted by Crippen LogP contribution is -2.48. The molecule has 2 aliphatic rings. The fourth-order valence-electron chi connectivity index (χ4n) is 4.31. The van der Waals surface area contributed by atoms with Gasteiger partial charge in [-0.05, 0) is 37.3 Å². The van der Waals surface area contributed by atoms with E-state index in [1.54, 1.807) is 0 Å². The third-order valence-corrected chi connectivity index (χ3v) is 5.94. The number of hydrogen-bond acceptors (Lipinski definition) is 4. The highest BCUT2D eigenvalue weighted by atomic mass is 16.5. The van der Waals surface area contributed by atoms with Crippen molar-refractivity contribution in [2.45, 2.75) is 39.7 Å². The smallest absolute Gasteiger partial charge is 0.227 e. The molecule has 1 aromatic carbocycles. The van der Waals surface area contributed by atoms with Crippen molar-refractivity contribution < 1.29 is 9.53 Å². The Morgan fingerprint density at radius 3 is 2.79 bits per heavy atom. The monoisotopic (exact) mass is 384 g/mol. The largest absolute Gasteiger partial charge is 0.378 e. The molecule has 0 aliphatic carbocycles. The van der Waals surface area contributed by atoms with E-state index in [0.717, 1.165) is 63.5 Å². The van der Waals surface area contributed by atoms with Gasteiger partial charge in [0.2, 0.25) is 11.9 Å². The van der Waals surface area contributed by atoms with Crippen LogP contribution in [0.5, 0.6) is 0 Å². The Hall–Kier alpha value is -2.08. The molecule has 0 spiro atoms. The third-order valence-electron chi connectivity index (χ3n) is 5.94. The van der Waals surface area contributed by atoms with E-state index in [1.165, 1.54) is 5.52 Å². The highest BCUT2D eigenvalue weighted by Gasteiger charge is 2.32. The SMILES string of the molecule is CC(C)CCn1c(N2CCC[C@@H](C(=O)N3CCOCC3)C2)nc2ccccc21. The van der Waals surface area contributed by atoms with Gasteiger partial charge in [-0.3, -0.25) is 4.79 Å². The topological polar surface area (TPSA) is 50.6 Å². The highest BCUT2D eigenvalue weighted by molar-refractivity contribution is 5.81. The molecule has 1 atom stereocenters. The molecule has 2 fully saturated rings. The van der Waals surface area contributed by atoms with Crippen molar-refractivity contribution in [2.75, 3.05) is 44.3 Å². The molecule has 0 radical (unpaired) electrons. The lowest BCUT2D eigenvalue weighted by molar-refractivity contribution is -0.139. The number of fused-ring (bicyclic) bond motifs is 1. The summed E-state index contributed by atoms with van der Waals surface area (Å²) in [6.45, 7) is 9.99. The number of piperidine rings is 1. The van der Waals surface area contributed by atoms with Crippen LogP contribution in [0.1, 0.15) is 33.1 Å². The van der Waals surface area contributed by atoms with Gasteiger partial charge in [-0.1, -0.05) is 26.0 Å². The molecule has 1 amide bonds. The molecular weight excluding hydrogens is 352 g/mol. The fraction of sp³-hybridized carbons (Fsp3) is 0.636. The maximum atomic E-state index is 13.0. The summed E-state index contributed by atoms with van der Waals surface area (Å²) in [6, 6.07) is 8.38. The first kappa shape index (κ1) is 19.2. The molecule has 0 N–H and O–H groups in total. The molecule has 1 aromatic heterocycles. The number of para-hydroxylation sites is 2. The second-order valence-electron chi connectivity index (χ2n) is 8.46. The van der Waals surface area contributed by atoms with Crippen LogP contribution in [-0.2, 0) is 16.1 Å². The molecule has 0 saturated carbocycles. The number of aryl methyl sites for hydroxylation is 1. The summed E-state index contributed by atoms with van der Waals surface area (Å²) < 4.78 is 7.76. The molecule has 6 heteroatoms. The van der Waals surface area contributed by atoms with E-state index in [9.17, 15) is 4.79 Å². The molecular formula is C22H32N4O2. The predicted octanol–water partition coefficient (Wildman–Crippen LogP) is 3.16. The molecule has 0 bridgehead atoms. The van der Waals surface area contributed by atoms with Crippen LogP contribution in [0.25, 0.3) is 11.0 Å². The number of benzene rings is 1. The molecule has 4 rings (SSSR count). The van der Waals surface area contributed by atoms with E-state index in [4.69, 9.17) is 9.72 Å². The summed E-state index contributed by atoms with van der Waals surface area (Å²) >= 11 is 0. The third kappa shape index (κ3) is 4.02. The zero-order valence-electron chi connectivity index (χ0n) is 17.1. The van der Waals surface area contributed by atoms with Gasteiger partial charge in [-0.15, -0.1) is 0 Å². The highest BCUT2D eigenvalue weighted by Crippen LogP contribution is 2.28. The van der Waals surface area contributed by atoms with Crippen molar-refractivity contribution in [3.05, 3.63) is 24.3 Å². The number of imidazole rings is 1. The minimum Gasteiger partial charge on any atom is -0.378 e. The predicted molar refractivity (Wildman–Crippen MR) is 112 cm³/mol. The summed E-state index contributed by atoms with van der Waals surface area (Å²) in [5.74, 6) is 2.02. The van der Waals surface area contributed by atoms with Crippen LogP contribution in [0.3, 0.4) is 0 Å². The number of carbonyl (C=O) groups excluding carboxylic acids is 1. The molecule has 0 unspecified atom stereocenters. The van der Waals surface area contributed by atoms with Gasteiger partial charge in [0.1, 0.15) is 0 Å². The molecule has 6 nitrogen and oxygen atoms in total. The summed E-state index contributed by atoms with van der Waals surface area (Å²) in [4.78, 5) is 22.3. The molecule has 152 valence electrons. The second-order valence-corrected chi connectivity index (χ2v) is 8.46. The maximum Gasteiger partial charge on any atom is 0.227 e. The number of ether oxygens (including phenoxy) is 1. The van der Waals surface area contributed by atoms with Crippen molar-refractivity contribution in [2.24, 2.45) is 11.8 Å². The Bertz CT molecular complexity index is 810. The van der Waals surface area contributed by atoms with Gasteiger partial charge < -0.3 is 19.1 Å². The molecule has 28 heavy (non-hydrogen) atoms. The number of aromatic nitrogens is 2. The minimum atomic E-state index is 0.0604. The average Bonchev–Trinajstić information content (AvgIpc) is 3.11. The maximum absolute atomic E-state index is 13.0. The second kappa shape index (κ2) is 8.52. The van der Waals surface area contributed by atoms with E-state index < -0.39 is 0 Å². The lowest BCUT2D eigenvalue weighted by Gasteiger charge is -2.36. The number of carbonyl (C=O) groups is 1. The quantitative estimate of drug-likeness (QED) is 0.795. The number of hydrogen-bond donors (Lipinski definition) is 0. The summed E-state index contributed by atoms with van der Waals surface area (Å²) in [6.07, 6.45) is 3.13. The van der Waals surface area contributed by atoms with Crippen LogP contribution in [0, 0.1) is 11.8 Å².